The highest BCUT2D eigenvalue weighted by molar-refractivity contribution is 5.83. The third-order valence-electron chi connectivity index (χ3n) is 5.02. The standard InChI is InChI=1S/C26H22O5/c1-4-17-5-7-18(8-6-17)16-30-21-11-9-20-13-22(26(27)31-24(20)15-21)19-10-12-23(28-2)25(14-19)29-3/h4-15H,1,16H2,2-3H3. The Bertz CT molecular complexity index is 1290. The lowest BCUT2D eigenvalue weighted by Gasteiger charge is -2.10. The van der Waals surface area contributed by atoms with Crippen LogP contribution in [0.5, 0.6) is 17.2 Å². The van der Waals surface area contributed by atoms with E-state index >= 15 is 0 Å². The maximum Gasteiger partial charge on any atom is 0.344 e. The maximum atomic E-state index is 12.7. The van der Waals surface area contributed by atoms with Gasteiger partial charge in [0.2, 0.25) is 0 Å². The fourth-order valence-electron chi connectivity index (χ4n) is 3.30. The van der Waals surface area contributed by atoms with E-state index in [1.54, 1.807) is 50.6 Å². The van der Waals surface area contributed by atoms with Crippen molar-refractivity contribution in [1.82, 2.24) is 0 Å². The van der Waals surface area contributed by atoms with Gasteiger partial charge in [-0.25, -0.2) is 4.79 Å². The molecule has 0 saturated carbocycles. The molecule has 0 saturated heterocycles. The average Bonchev–Trinajstić information content (AvgIpc) is 2.82. The number of hydrogen-bond donors (Lipinski definition) is 0. The average molecular weight is 414 g/mol. The quantitative estimate of drug-likeness (QED) is 0.363. The third-order valence-corrected chi connectivity index (χ3v) is 5.02. The molecular weight excluding hydrogens is 392 g/mol. The fraction of sp³-hybridized carbons (Fsp3) is 0.115. The fourth-order valence-corrected chi connectivity index (χ4v) is 3.30. The number of hydrogen-bond acceptors (Lipinski definition) is 5. The normalized spacial score (nSPS) is 10.6. The van der Waals surface area contributed by atoms with Crippen LogP contribution in [0.25, 0.3) is 28.2 Å². The number of rotatable bonds is 7. The minimum atomic E-state index is -0.433. The summed E-state index contributed by atoms with van der Waals surface area (Å²) in [5, 5.41) is 0.798. The van der Waals surface area contributed by atoms with E-state index in [4.69, 9.17) is 18.6 Å². The molecule has 0 spiro atoms. The Morgan fingerprint density at radius 3 is 2.39 bits per heavy atom. The van der Waals surface area contributed by atoms with Crippen LogP contribution in [0, 0.1) is 0 Å². The molecule has 0 aliphatic carbocycles. The molecule has 0 N–H and O–H groups in total. The van der Waals surface area contributed by atoms with Gasteiger partial charge in [-0.2, -0.15) is 0 Å². The van der Waals surface area contributed by atoms with Gasteiger partial charge in [-0.05, 0) is 47.0 Å². The minimum absolute atomic E-state index is 0.414. The summed E-state index contributed by atoms with van der Waals surface area (Å²) in [6.07, 6.45) is 1.80. The molecule has 0 bridgehead atoms. The molecular formula is C26H22O5. The van der Waals surface area contributed by atoms with Crippen LogP contribution in [0.3, 0.4) is 0 Å². The van der Waals surface area contributed by atoms with Crippen LogP contribution in [-0.2, 0) is 6.61 Å². The molecule has 0 unspecified atom stereocenters. The summed E-state index contributed by atoms with van der Waals surface area (Å²) < 4.78 is 22.0. The van der Waals surface area contributed by atoms with Crippen molar-refractivity contribution < 1.29 is 18.6 Å². The molecule has 0 fully saturated rings. The van der Waals surface area contributed by atoms with E-state index in [1.807, 2.05) is 36.4 Å². The lowest BCUT2D eigenvalue weighted by atomic mass is 10.1. The number of fused-ring (bicyclic) bond motifs is 1. The Morgan fingerprint density at radius 1 is 0.903 bits per heavy atom. The molecule has 1 aromatic heterocycles. The molecule has 4 aromatic rings. The first-order valence-electron chi connectivity index (χ1n) is 9.76. The van der Waals surface area contributed by atoms with Crippen molar-refractivity contribution in [2.75, 3.05) is 14.2 Å². The van der Waals surface area contributed by atoms with E-state index in [-0.39, 0.29) is 0 Å². The molecule has 0 aliphatic heterocycles. The lowest BCUT2D eigenvalue weighted by molar-refractivity contribution is 0.306. The van der Waals surface area contributed by atoms with Crippen LogP contribution < -0.4 is 19.8 Å². The molecule has 3 aromatic carbocycles. The van der Waals surface area contributed by atoms with Crippen LogP contribution in [-0.4, -0.2) is 14.2 Å². The van der Waals surface area contributed by atoms with Crippen LogP contribution >= 0.6 is 0 Å². The molecule has 1 heterocycles. The van der Waals surface area contributed by atoms with Crippen LogP contribution in [0.1, 0.15) is 11.1 Å². The molecule has 156 valence electrons. The van der Waals surface area contributed by atoms with Crippen molar-refractivity contribution in [2.24, 2.45) is 0 Å². The molecule has 0 atom stereocenters. The van der Waals surface area contributed by atoms with Gasteiger partial charge in [0.1, 0.15) is 17.9 Å². The van der Waals surface area contributed by atoms with E-state index in [2.05, 4.69) is 6.58 Å². The zero-order chi connectivity index (χ0) is 21.8. The van der Waals surface area contributed by atoms with Gasteiger partial charge < -0.3 is 18.6 Å². The van der Waals surface area contributed by atoms with E-state index in [9.17, 15) is 4.79 Å². The summed E-state index contributed by atoms with van der Waals surface area (Å²) in [5.41, 5.74) is 3.27. The van der Waals surface area contributed by atoms with Crippen LogP contribution in [0.4, 0.5) is 0 Å². The lowest BCUT2D eigenvalue weighted by Crippen LogP contribution is -2.03. The molecule has 5 nitrogen and oxygen atoms in total. The summed E-state index contributed by atoms with van der Waals surface area (Å²) in [5.74, 6) is 1.77. The summed E-state index contributed by atoms with van der Waals surface area (Å²) in [6, 6.07) is 20.5. The molecule has 0 radical (unpaired) electrons. The first-order chi connectivity index (χ1) is 15.1. The smallest absolute Gasteiger partial charge is 0.344 e. The molecule has 0 aliphatic rings. The highest BCUT2D eigenvalue weighted by Crippen LogP contribution is 2.32. The molecule has 5 heteroatoms. The summed E-state index contributed by atoms with van der Waals surface area (Å²) in [6.45, 7) is 4.17. The predicted molar refractivity (Wildman–Crippen MR) is 122 cm³/mol. The van der Waals surface area contributed by atoms with E-state index in [1.165, 1.54) is 0 Å². The zero-order valence-corrected chi connectivity index (χ0v) is 17.4. The highest BCUT2D eigenvalue weighted by Gasteiger charge is 2.12. The topological polar surface area (TPSA) is 57.9 Å². The highest BCUT2D eigenvalue weighted by atomic mass is 16.5. The molecule has 0 amide bonds. The van der Waals surface area contributed by atoms with E-state index in [0.717, 1.165) is 16.5 Å². The van der Waals surface area contributed by atoms with E-state index < -0.39 is 5.63 Å². The second-order valence-corrected chi connectivity index (χ2v) is 6.95. The Balaban J connectivity index is 1.60. The van der Waals surface area contributed by atoms with Crippen molar-refractivity contribution in [3.8, 4) is 28.4 Å². The van der Waals surface area contributed by atoms with Crippen molar-refractivity contribution >= 4 is 17.0 Å². The first-order valence-corrected chi connectivity index (χ1v) is 9.76. The largest absolute Gasteiger partial charge is 0.493 e. The van der Waals surface area contributed by atoms with Crippen molar-refractivity contribution in [2.45, 2.75) is 6.61 Å². The van der Waals surface area contributed by atoms with Crippen molar-refractivity contribution in [1.29, 1.82) is 0 Å². The minimum Gasteiger partial charge on any atom is -0.493 e. The van der Waals surface area contributed by atoms with Gasteiger partial charge in [0.15, 0.2) is 11.5 Å². The third kappa shape index (κ3) is 4.31. The Morgan fingerprint density at radius 2 is 1.68 bits per heavy atom. The predicted octanol–water partition coefficient (Wildman–Crippen LogP) is 5.70. The number of ether oxygens (including phenoxy) is 3. The zero-order valence-electron chi connectivity index (χ0n) is 17.4. The second-order valence-electron chi connectivity index (χ2n) is 6.95. The number of benzene rings is 3. The van der Waals surface area contributed by atoms with E-state index in [0.29, 0.717) is 40.6 Å². The first kappa shape index (κ1) is 20.3. The summed E-state index contributed by atoms with van der Waals surface area (Å²) >= 11 is 0. The van der Waals surface area contributed by atoms with Gasteiger partial charge in [-0.3, -0.25) is 0 Å². The Hall–Kier alpha value is -3.99. The van der Waals surface area contributed by atoms with Gasteiger partial charge in [0, 0.05) is 11.5 Å². The van der Waals surface area contributed by atoms with Gasteiger partial charge in [0.25, 0.3) is 0 Å². The van der Waals surface area contributed by atoms with Crippen LogP contribution in [0.15, 0.2) is 82.5 Å². The monoisotopic (exact) mass is 414 g/mol. The molecule has 4 rings (SSSR count). The van der Waals surface area contributed by atoms with Gasteiger partial charge >= 0.3 is 5.63 Å². The Kier molecular flexibility index (Phi) is 5.76. The second kappa shape index (κ2) is 8.79. The summed E-state index contributed by atoms with van der Waals surface area (Å²) in [4.78, 5) is 12.7. The Labute approximate surface area is 180 Å². The van der Waals surface area contributed by atoms with Crippen LogP contribution in [0.2, 0.25) is 0 Å². The SMILES string of the molecule is C=Cc1ccc(COc2ccc3cc(-c4ccc(OC)c(OC)c4)c(=O)oc3c2)cc1. The van der Waals surface area contributed by atoms with Gasteiger partial charge in [0.05, 0.1) is 19.8 Å². The molecule has 31 heavy (non-hydrogen) atoms. The van der Waals surface area contributed by atoms with Crippen molar-refractivity contribution in [3.05, 3.63) is 94.9 Å². The summed E-state index contributed by atoms with van der Waals surface area (Å²) in [7, 11) is 3.12. The van der Waals surface area contributed by atoms with Gasteiger partial charge in [-0.1, -0.05) is 43.0 Å². The number of methoxy groups -OCH3 is 2. The maximum absolute atomic E-state index is 12.7. The van der Waals surface area contributed by atoms with Gasteiger partial charge in [-0.15, -0.1) is 0 Å². The van der Waals surface area contributed by atoms with Crippen molar-refractivity contribution in [3.63, 3.8) is 0 Å².